The predicted octanol–water partition coefficient (Wildman–Crippen LogP) is 4.14. The lowest BCUT2D eigenvalue weighted by Crippen LogP contribution is -2.08. The molecule has 0 heterocycles. The summed E-state index contributed by atoms with van der Waals surface area (Å²) in [5.41, 5.74) is 1.11. The van der Waals surface area contributed by atoms with Crippen LogP contribution in [-0.4, -0.2) is 6.61 Å². The molecule has 0 fully saturated rings. The number of rotatable bonds is 6. The van der Waals surface area contributed by atoms with Gasteiger partial charge in [0.25, 0.3) is 0 Å². The number of ether oxygens (including phenoxy) is 1. The third-order valence-corrected chi connectivity index (χ3v) is 2.41. The smallest absolute Gasteiger partial charge is 0.119 e. The van der Waals surface area contributed by atoms with Crippen molar-refractivity contribution in [1.82, 2.24) is 0 Å². The Labute approximate surface area is 92.8 Å². The molecule has 1 atom stereocenters. The monoisotopic (exact) mass is 204 g/mol. The Bertz CT molecular complexity index is 304. The molecule has 82 valence electrons. The second-order valence-corrected chi connectivity index (χ2v) is 3.98. The summed E-state index contributed by atoms with van der Waals surface area (Å²) >= 11 is 0. The lowest BCUT2D eigenvalue weighted by molar-refractivity contribution is 0.251. The van der Waals surface area contributed by atoms with Gasteiger partial charge >= 0.3 is 0 Å². The average molecular weight is 204 g/mol. The highest BCUT2D eigenvalue weighted by molar-refractivity contribution is 5.49. The molecular formula is C14H20O. The highest BCUT2D eigenvalue weighted by atomic mass is 16.5. The topological polar surface area (TPSA) is 9.23 Å². The largest absolute Gasteiger partial charge is 0.493 e. The minimum absolute atomic E-state index is 0.627. The second-order valence-electron chi connectivity index (χ2n) is 3.98. The Kier molecular flexibility index (Phi) is 4.96. The molecule has 1 rings (SSSR count). The summed E-state index contributed by atoms with van der Waals surface area (Å²) in [6.07, 6.45) is 4.28. The number of hydrogen-bond acceptors (Lipinski definition) is 1. The Balaban J connectivity index is 2.46. The number of hydrogen-bond donors (Lipinski definition) is 0. The van der Waals surface area contributed by atoms with Gasteiger partial charge in [-0.1, -0.05) is 45.1 Å². The average Bonchev–Trinajstić information content (AvgIpc) is 2.27. The van der Waals surface area contributed by atoms with Gasteiger partial charge in [-0.15, -0.1) is 0 Å². The van der Waals surface area contributed by atoms with Crippen molar-refractivity contribution < 1.29 is 4.74 Å². The van der Waals surface area contributed by atoms with Crippen LogP contribution in [0.2, 0.25) is 0 Å². The van der Waals surface area contributed by atoms with Crippen LogP contribution < -0.4 is 4.74 Å². The molecule has 0 N–H and O–H groups in total. The molecule has 0 bridgehead atoms. The third-order valence-electron chi connectivity index (χ3n) is 2.41. The van der Waals surface area contributed by atoms with Gasteiger partial charge in [0.15, 0.2) is 0 Å². The molecule has 0 aromatic heterocycles. The maximum absolute atomic E-state index is 5.72. The molecule has 1 heteroatoms. The fraction of sp³-hybridized carbons (Fsp3) is 0.429. The van der Waals surface area contributed by atoms with Gasteiger partial charge in [0.05, 0.1) is 6.61 Å². The van der Waals surface area contributed by atoms with Crippen molar-refractivity contribution in [3.8, 4) is 5.75 Å². The fourth-order valence-corrected chi connectivity index (χ4v) is 1.55. The van der Waals surface area contributed by atoms with Crippen LogP contribution >= 0.6 is 0 Å². The van der Waals surface area contributed by atoms with Crippen LogP contribution in [0.4, 0.5) is 0 Å². The number of benzene rings is 1. The van der Waals surface area contributed by atoms with E-state index in [4.69, 9.17) is 4.74 Å². The summed E-state index contributed by atoms with van der Waals surface area (Å²) in [4.78, 5) is 0. The summed E-state index contributed by atoms with van der Waals surface area (Å²) in [7, 11) is 0. The van der Waals surface area contributed by atoms with Gasteiger partial charge in [0.2, 0.25) is 0 Å². The van der Waals surface area contributed by atoms with Crippen molar-refractivity contribution in [2.75, 3.05) is 6.61 Å². The molecule has 0 saturated heterocycles. The molecule has 0 saturated carbocycles. The van der Waals surface area contributed by atoms with Crippen molar-refractivity contribution in [1.29, 1.82) is 0 Å². The van der Waals surface area contributed by atoms with Crippen molar-refractivity contribution in [3.05, 3.63) is 36.4 Å². The molecule has 0 aliphatic rings. The van der Waals surface area contributed by atoms with Gasteiger partial charge in [-0.3, -0.25) is 0 Å². The maximum atomic E-state index is 5.72. The predicted molar refractivity (Wildman–Crippen MR) is 66.1 cm³/mol. The van der Waals surface area contributed by atoms with Gasteiger partial charge in [-0.2, -0.15) is 0 Å². The first-order valence-corrected chi connectivity index (χ1v) is 5.61. The highest BCUT2D eigenvalue weighted by Crippen LogP contribution is 2.15. The summed E-state index contributed by atoms with van der Waals surface area (Å²) in [6.45, 7) is 8.97. The van der Waals surface area contributed by atoms with Gasteiger partial charge in [0.1, 0.15) is 5.75 Å². The zero-order valence-corrected chi connectivity index (χ0v) is 9.70. The maximum Gasteiger partial charge on any atom is 0.119 e. The van der Waals surface area contributed by atoms with Gasteiger partial charge in [0, 0.05) is 0 Å². The lowest BCUT2D eigenvalue weighted by Gasteiger charge is -2.12. The van der Waals surface area contributed by atoms with E-state index in [2.05, 4.69) is 20.4 Å². The van der Waals surface area contributed by atoms with Gasteiger partial charge < -0.3 is 4.74 Å². The molecule has 0 aliphatic carbocycles. The summed E-state index contributed by atoms with van der Waals surface area (Å²) in [5.74, 6) is 1.57. The lowest BCUT2D eigenvalue weighted by atomic mass is 10.1. The molecule has 0 amide bonds. The van der Waals surface area contributed by atoms with Crippen molar-refractivity contribution in [2.24, 2.45) is 5.92 Å². The van der Waals surface area contributed by atoms with E-state index in [1.165, 1.54) is 12.8 Å². The Hall–Kier alpha value is -1.24. The van der Waals surface area contributed by atoms with E-state index >= 15 is 0 Å². The molecule has 0 spiro atoms. The normalized spacial score (nSPS) is 12.1. The zero-order valence-electron chi connectivity index (χ0n) is 9.70. The van der Waals surface area contributed by atoms with Crippen LogP contribution in [0.5, 0.6) is 5.75 Å². The van der Waals surface area contributed by atoms with Gasteiger partial charge in [-0.25, -0.2) is 0 Å². The van der Waals surface area contributed by atoms with Gasteiger partial charge in [-0.05, 0) is 30.0 Å². The summed E-state index contributed by atoms with van der Waals surface area (Å²) < 4.78 is 5.72. The zero-order chi connectivity index (χ0) is 11.1. The van der Waals surface area contributed by atoms with Crippen molar-refractivity contribution in [3.63, 3.8) is 0 Å². The van der Waals surface area contributed by atoms with Crippen molar-refractivity contribution >= 4 is 6.08 Å². The Morgan fingerprint density at radius 3 is 2.93 bits per heavy atom. The first-order chi connectivity index (χ1) is 7.26. The first-order valence-electron chi connectivity index (χ1n) is 5.61. The molecule has 1 nitrogen and oxygen atoms in total. The molecular weight excluding hydrogens is 184 g/mol. The molecule has 15 heavy (non-hydrogen) atoms. The molecule has 1 aromatic rings. The molecule has 1 unspecified atom stereocenters. The molecule has 0 aliphatic heterocycles. The van der Waals surface area contributed by atoms with E-state index in [-0.39, 0.29) is 0 Å². The second kappa shape index (κ2) is 6.28. The fourth-order valence-electron chi connectivity index (χ4n) is 1.55. The minimum Gasteiger partial charge on any atom is -0.493 e. The standard InChI is InChI=1S/C14H20O/c1-4-7-12(3)11-15-14-9-6-8-13(5-2)10-14/h5-6,8-10,12H,2,4,7,11H2,1,3H3. The van der Waals surface area contributed by atoms with Crippen LogP contribution in [0.1, 0.15) is 32.3 Å². The van der Waals surface area contributed by atoms with E-state index in [0.717, 1.165) is 17.9 Å². The summed E-state index contributed by atoms with van der Waals surface area (Å²) in [6, 6.07) is 8.03. The van der Waals surface area contributed by atoms with E-state index in [1.54, 1.807) is 0 Å². The summed E-state index contributed by atoms with van der Waals surface area (Å²) in [5, 5.41) is 0. The minimum atomic E-state index is 0.627. The Morgan fingerprint density at radius 1 is 1.47 bits per heavy atom. The Morgan fingerprint density at radius 2 is 2.27 bits per heavy atom. The van der Waals surface area contributed by atoms with E-state index in [0.29, 0.717) is 5.92 Å². The van der Waals surface area contributed by atoms with Crippen LogP contribution in [-0.2, 0) is 0 Å². The van der Waals surface area contributed by atoms with E-state index in [9.17, 15) is 0 Å². The van der Waals surface area contributed by atoms with E-state index < -0.39 is 0 Å². The van der Waals surface area contributed by atoms with Crippen LogP contribution in [0, 0.1) is 5.92 Å². The SMILES string of the molecule is C=Cc1cccc(OCC(C)CCC)c1. The van der Waals surface area contributed by atoms with Crippen molar-refractivity contribution in [2.45, 2.75) is 26.7 Å². The third kappa shape index (κ3) is 4.20. The molecule has 0 radical (unpaired) electrons. The van der Waals surface area contributed by atoms with Crippen LogP contribution in [0.15, 0.2) is 30.8 Å². The molecule has 1 aromatic carbocycles. The van der Waals surface area contributed by atoms with E-state index in [1.807, 2.05) is 30.3 Å². The van der Waals surface area contributed by atoms with Crippen LogP contribution in [0.25, 0.3) is 6.08 Å². The first kappa shape index (κ1) is 11.8. The highest BCUT2D eigenvalue weighted by Gasteiger charge is 2.01. The quantitative estimate of drug-likeness (QED) is 0.676. The van der Waals surface area contributed by atoms with Crippen LogP contribution in [0.3, 0.4) is 0 Å².